The van der Waals surface area contributed by atoms with Crippen LogP contribution < -0.4 is 0 Å². The lowest BCUT2D eigenvalue weighted by Crippen LogP contribution is -2.50. The van der Waals surface area contributed by atoms with Gasteiger partial charge in [0.15, 0.2) is 5.76 Å². The van der Waals surface area contributed by atoms with Crippen molar-refractivity contribution in [1.82, 2.24) is 9.80 Å². The summed E-state index contributed by atoms with van der Waals surface area (Å²) in [7, 11) is 0. The number of carbonyl (C=O) groups is 2. The molecule has 1 aliphatic rings. The first kappa shape index (κ1) is 18.6. The van der Waals surface area contributed by atoms with Crippen LogP contribution in [0, 0.1) is 0 Å². The second-order valence-corrected chi connectivity index (χ2v) is 7.66. The number of benzene rings is 2. The van der Waals surface area contributed by atoms with Crippen LogP contribution in [0.5, 0.6) is 0 Å². The Balaban J connectivity index is 1.49. The Kier molecular flexibility index (Phi) is 5.39. The average molecular weight is 394 g/mol. The number of para-hydroxylation sites is 1. The first-order valence-electron chi connectivity index (χ1n) is 9.32. The second-order valence-electron chi connectivity index (χ2n) is 6.79. The van der Waals surface area contributed by atoms with Crippen LogP contribution in [0.15, 0.2) is 59.0 Å². The van der Waals surface area contributed by atoms with Crippen molar-refractivity contribution in [1.29, 1.82) is 0 Å². The van der Waals surface area contributed by atoms with Gasteiger partial charge in [-0.1, -0.05) is 36.4 Å². The first-order valence-corrected chi connectivity index (χ1v) is 10.7. The molecule has 28 heavy (non-hydrogen) atoms. The van der Waals surface area contributed by atoms with Crippen molar-refractivity contribution >= 4 is 34.5 Å². The number of fused-ring (bicyclic) bond motifs is 1. The largest absolute Gasteiger partial charge is 0.451 e. The predicted molar refractivity (Wildman–Crippen MR) is 112 cm³/mol. The number of piperazine rings is 1. The van der Waals surface area contributed by atoms with Crippen LogP contribution in [0.3, 0.4) is 0 Å². The molecule has 0 unspecified atom stereocenters. The molecule has 5 nitrogen and oxygen atoms in total. The van der Waals surface area contributed by atoms with E-state index in [2.05, 4.69) is 0 Å². The van der Waals surface area contributed by atoms with Crippen molar-refractivity contribution in [2.45, 2.75) is 5.75 Å². The third-order valence-electron chi connectivity index (χ3n) is 5.06. The lowest BCUT2D eigenvalue weighted by Gasteiger charge is -2.34. The number of furan rings is 1. The van der Waals surface area contributed by atoms with E-state index >= 15 is 0 Å². The van der Waals surface area contributed by atoms with Gasteiger partial charge in [0.1, 0.15) is 5.58 Å². The van der Waals surface area contributed by atoms with E-state index in [9.17, 15) is 9.59 Å². The molecule has 0 N–H and O–H groups in total. The minimum Gasteiger partial charge on any atom is -0.451 e. The minimum absolute atomic E-state index is 0.0134. The van der Waals surface area contributed by atoms with Gasteiger partial charge in [0, 0.05) is 48.4 Å². The maximum Gasteiger partial charge on any atom is 0.290 e. The summed E-state index contributed by atoms with van der Waals surface area (Å²) in [6.45, 7) is 2.06. The highest BCUT2D eigenvalue weighted by atomic mass is 32.2. The summed E-state index contributed by atoms with van der Waals surface area (Å²) in [4.78, 5) is 29.3. The highest BCUT2D eigenvalue weighted by molar-refractivity contribution is 7.97. The minimum atomic E-state index is -0.0907. The fourth-order valence-electron chi connectivity index (χ4n) is 3.58. The number of nitrogens with zero attached hydrogens (tertiary/aromatic N) is 2. The molecule has 6 heteroatoms. The molecule has 0 saturated carbocycles. The summed E-state index contributed by atoms with van der Waals surface area (Å²) in [5.74, 6) is 1.08. The van der Waals surface area contributed by atoms with Crippen LogP contribution in [0.4, 0.5) is 0 Å². The van der Waals surface area contributed by atoms with Crippen LogP contribution in [0.2, 0.25) is 0 Å². The molecule has 144 valence electrons. The predicted octanol–water partition coefficient (Wildman–Crippen LogP) is 3.89. The number of rotatable bonds is 4. The molecule has 3 aromatic rings. The third-order valence-corrected chi connectivity index (χ3v) is 5.63. The van der Waals surface area contributed by atoms with Gasteiger partial charge in [-0.3, -0.25) is 9.59 Å². The van der Waals surface area contributed by atoms with E-state index in [4.69, 9.17) is 4.42 Å². The molecule has 2 heterocycles. The van der Waals surface area contributed by atoms with Crippen LogP contribution in [-0.4, -0.2) is 54.0 Å². The maximum atomic E-state index is 13.1. The van der Waals surface area contributed by atoms with Gasteiger partial charge in [0.25, 0.3) is 11.8 Å². The lowest BCUT2D eigenvalue weighted by molar-refractivity contribution is 0.0519. The van der Waals surface area contributed by atoms with E-state index in [1.54, 1.807) is 21.6 Å². The highest BCUT2D eigenvalue weighted by Gasteiger charge is 2.29. The van der Waals surface area contributed by atoms with Gasteiger partial charge >= 0.3 is 0 Å². The number of hydrogen-bond acceptors (Lipinski definition) is 4. The van der Waals surface area contributed by atoms with Gasteiger partial charge in [-0.2, -0.15) is 11.8 Å². The van der Waals surface area contributed by atoms with Crippen molar-refractivity contribution in [3.63, 3.8) is 0 Å². The summed E-state index contributed by atoms with van der Waals surface area (Å²) in [5.41, 5.74) is 2.38. The molecule has 0 spiro atoms. The van der Waals surface area contributed by atoms with Crippen LogP contribution >= 0.6 is 11.8 Å². The maximum absolute atomic E-state index is 13.1. The van der Waals surface area contributed by atoms with E-state index in [0.717, 1.165) is 22.3 Å². The van der Waals surface area contributed by atoms with Gasteiger partial charge in [-0.05, 0) is 24.5 Å². The standard InChI is InChI=1S/C22H22N2O3S/c1-28-15-18-17-9-5-6-10-19(17)27-20(18)22(26)24-13-11-23(12-14-24)21(25)16-7-3-2-4-8-16/h2-10H,11-15H2,1H3. The molecule has 2 amide bonds. The van der Waals surface area contributed by atoms with Crippen LogP contribution in [-0.2, 0) is 5.75 Å². The first-order chi connectivity index (χ1) is 13.7. The van der Waals surface area contributed by atoms with E-state index in [0.29, 0.717) is 37.5 Å². The summed E-state index contributed by atoms with van der Waals surface area (Å²) in [6.07, 6.45) is 2.02. The normalized spacial score (nSPS) is 14.5. The number of carbonyl (C=O) groups excluding carboxylic acids is 2. The molecule has 1 aliphatic heterocycles. The smallest absolute Gasteiger partial charge is 0.290 e. The van der Waals surface area contributed by atoms with Gasteiger partial charge in [0.2, 0.25) is 0 Å². The zero-order valence-corrected chi connectivity index (χ0v) is 16.6. The molecule has 0 aliphatic carbocycles. The van der Waals surface area contributed by atoms with Gasteiger partial charge < -0.3 is 14.2 Å². The lowest BCUT2D eigenvalue weighted by atomic mass is 10.1. The van der Waals surface area contributed by atoms with Gasteiger partial charge in [-0.25, -0.2) is 0 Å². The summed E-state index contributed by atoms with van der Waals surface area (Å²) >= 11 is 1.67. The Hall–Kier alpha value is -2.73. The van der Waals surface area contributed by atoms with E-state index in [1.165, 1.54) is 0 Å². The molecular weight excluding hydrogens is 372 g/mol. The number of amides is 2. The fourth-order valence-corrected chi connectivity index (χ4v) is 4.15. The van der Waals surface area contributed by atoms with Crippen molar-refractivity contribution in [3.8, 4) is 0 Å². The summed E-state index contributed by atoms with van der Waals surface area (Å²) in [6, 6.07) is 17.0. The van der Waals surface area contributed by atoms with Gasteiger partial charge in [-0.15, -0.1) is 0 Å². The molecule has 0 bridgehead atoms. The SMILES string of the molecule is CSCc1c(C(=O)N2CCN(C(=O)c3ccccc3)CC2)oc2ccccc12. The van der Waals surface area contributed by atoms with Crippen molar-refractivity contribution in [2.75, 3.05) is 32.4 Å². The second kappa shape index (κ2) is 8.10. The number of hydrogen-bond donors (Lipinski definition) is 0. The molecule has 2 aromatic carbocycles. The monoisotopic (exact) mass is 394 g/mol. The topological polar surface area (TPSA) is 53.8 Å². The quantitative estimate of drug-likeness (QED) is 0.674. The van der Waals surface area contributed by atoms with Crippen molar-refractivity contribution < 1.29 is 14.0 Å². The van der Waals surface area contributed by atoms with E-state index in [-0.39, 0.29) is 11.8 Å². The number of thioether (sulfide) groups is 1. The molecule has 1 aromatic heterocycles. The molecular formula is C22H22N2O3S. The van der Waals surface area contributed by atoms with Crippen molar-refractivity contribution in [3.05, 3.63) is 71.5 Å². The van der Waals surface area contributed by atoms with E-state index in [1.807, 2.05) is 60.9 Å². The average Bonchev–Trinajstić information content (AvgIpc) is 3.12. The zero-order chi connectivity index (χ0) is 19.5. The van der Waals surface area contributed by atoms with Gasteiger partial charge in [0.05, 0.1) is 0 Å². The fraction of sp³-hybridized carbons (Fsp3) is 0.273. The Bertz CT molecular complexity index is 991. The Morgan fingerprint density at radius 2 is 1.50 bits per heavy atom. The Morgan fingerprint density at radius 1 is 0.893 bits per heavy atom. The molecule has 0 radical (unpaired) electrons. The highest BCUT2D eigenvalue weighted by Crippen LogP contribution is 2.30. The Labute approximate surface area is 168 Å². The molecule has 0 atom stereocenters. The zero-order valence-electron chi connectivity index (χ0n) is 15.8. The molecule has 1 fully saturated rings. The Morgan fingerprint density at radius 3 is 2.18 bits per heavy atom. The van der Waals surface area contributed by atoms with Crippen LogP contribution in [0.1, 0.15) is 26.5 Å². The van der Waals surface area contributed by atoms with E-state index < -0.39 is 0 Å². The van der Waals surface area contributed by atoms with Crippen LogP contribution in [0.25, 0.3) is 11.0 Å². The molecule has 1 saturated heterocycles. The molecule has 4 rings (SSSR count). The summed E-state index contributed by atoms with van der Waals surface area (Å²) < 4.78 is 5.93. The third kappa shape index (κ3) is 3.52. The van der Waals surface area contributed by atoms with Crippen molar-refractivity contribution in [2.24, 2.45) is 0 Å². The summed E-state index contributed by atoms with van der Waals surface area (Å²) in [5, 5.41) is 0.998.